The molecule has 2 aromatic carbocycles. The lowest BCUT2D eigenvalue weighted by Gasteiger charge is -2.12. The highest BCUT2D eigenvalue weighted by molar-refractivity contribution is 6.04. The number of H-pyrrole nitrogens is 1. The fraction of sp³-hybridized carbons (Fsp3) is 0.176. The number of carbonyl (C=O) groups is 1. The summed E-state index contributed by atoms with van der Waals surface area (Å²) in [6.45, 7) is 0.480. The van der Waals surface area contributed by atoms with E-state index in [1.54, 1.807) is 0 Å². The number of nitrogens with zero attached hydrogens (tertiary/aromatic N) is 2. The first-order chi connectivity index (χ1) is 10.6. The minimum atomic E-state index is -0.172. The fourth-order valence-corrected chi connectivity index (χ4v) is 2.31. The Morgan fingerprint density at radius 1 is 1.14 bits per heavy atom. The third-order valence-corrected chi connectivity index (χ3v) is 3.59. The molecule has 2 N–H and O–H groups in total. The molecule has 0 saturated heterocycles. The molecule has 22 heavy (non-hydrogen) atoms. The van der Waals surface area contributed by atoms with Gasteiger partial charge >= 0.3 is 0 Å². The normalized spacial score (nSPS) is 10.6. The van der Waals surface area contributed by atoms with Gasteiger partial charge in [-0.25, -0.2) is 0 Å². The number of nitrogens with one attached hydrogen (secondary N) is 2. The van der Waals surface area contributed by atoms with E-state index in [1.807, 2.05) is 67.5 Å². The first-order valence-electron chi connectivity index (χ1n) is 7.13. The number of hydrogen-bond acceptors (Lipinski definition) is 3. The van der Waals surface area contributed by atoms with Crippen molar-refractivity contribution >= 4 is 22.5 Å². The standard InChI is InChI=1S/C17H18N4O/c1-21(2)13-9-7-12(8-10-13)11-18-17(22)16-14-5-3-4-6-15(14)19-20-16/h3-10H,11H2,1-2H3,(H,18,22)(H,19,20). The summed E-state index contributed by atoms with van der Waals surface area (Å²) in [6.07, 6.45) is 0. The van der Waals surface area contributed by atoms with Crippen molar-refractivity contribution in [3.63, 3.8) is 0 Å². The first kappa shape index (κ1) is 14.1. The summed E-state index contributed by atoms with van der Waals surface area (Å²) in [5, 5.41) is 10.7. The summed E-state index contributed by atoms with van der Waals surface area (Å²) >= 11 is 0. The predicted molar refractivity (Wildman–Crippen MR) is 88.0 cm³/mol. The molecule has 0 fully saturated rings. The largest absolute Gasteiger partial charge is 0.378 e. The molecule has 3 aromatic rings. The molecule has 1 aromatic heterocycles. The summed E-state index contributed by atoms with van der Waals surface area (Å²) in [4.78, 5) is 14.3. The van der Waals surface area contributed by atoms with Crippen LogP contribution in [0.3, 0.4) is 0 Å². The number of hydrogen-bond donors (Lipinski definition) is 2. The molecule has 0 aliphatic rings. The molecule has 5 heteroatoms. The molecular weight excluding hydrogens is 276 g/mol. The SMILES string of the molecule is CN(C)c1ccc(CNC(=O)c2n[nH]c3ccccc23)cc1. The van der Waals surface area contributed by atoms with Crippen molar-refractivity contribution in [2.45, 2.75) is 6.54 Å². The van der Waals surface area contributed by atoms with Crippen LogP contribution in [0, 0.1) is 0 Å². The van der Waals surface area contributed by atoms with Crippen LogP contribution in [-0.4, -0.2) is 30.2 Å². The number of anilines is 1. The number of amides is 1. The second kappa shape index (κ2) is 5.89. The van der Waals surface area contributed by atoms with Crippen LogP contribution in [0.2, 0.25) is 0 Å². The molecule has 0 bridgehead atoms. The average molecular weight is 294 g/mol. The Hall–Kier alpha value is -2.82. The summed E-state index contributed by atoms with van der Waals surface area (Å²) in [7, 11) is 4.00. The quantitative estimate of drug-likeness (QED) is 0.777. The summed E-state index contributed by atoms with van der Waals surface area (Å²) in [5.74, 6) is -0.172. The van der Waals surface area contributed by atoms with E-state index < -0.39 is 0 Å². The monoisotopic (exact) mass is 294 g/mol. The van der Waals surface area contributed by atoms with E-state index in [4.69, 9.17) is 0 Å². The van der Waals surface area contributed by atoms with E-state index in [0.717, 1.165) is 22.2 Å². The van der Waals surface area contributed by atoms with Crippen LogP contribution in [0.25, 0.3) is 10.9 Å². The average Bonchev–Trinajstić information content (AvgIpc) is 2.97. The number of benzene rings is 2. The molecule has 0 aliphatic carbocycles. The number of aromatic nitrogens is 2. The number of fused-ring (bicyclic) bond motifs is 1. The predicted octanol–water partition coefficient (Wildman–Crippen LogP) is 2.56. The van der Waals surface area contributed by atoms with Crippen molar-refractivity contribution in [1.29, 1.82) is 0 Å². The van der Waals surface area contributed by atoms with E-state index in [0.29, 0.717) is 12.2 Å². The van der Waals surface area contributed by atoms with Gasteiger partial charge in [-0.3, -0.25) is 9.89 Å². The second-order valence-electron chi connectivity index (χ2n) is 5.36. The second-order valence-corrected chi connectivity index (χ2v) is 5.36. The van der Waals surface area contributed by atoms with Crippen molar-refractivity contribution in [1.82, 2.24) is 15.5 Å². The zero-order chi connectivity index (χ0) is 15.5. The van der Waals surface area contributed by atoms with Crippen LogP contribution >= 0.6 is 0 Å². The van der Waals surface area contributed by atoms with Gasteiger partial charge in [0.25, 0.3) is 5.91 Å². The minimum Gasteiger partial charge on any atom is -0.378 e. The molecule has 1 amide bonds. The molecule has 5 nitrogen and oxygen atoms in total. The van der Waals surface area contributed by atoms with Crippen molar-refractivity contribution in [3.8, 4) is 0 Å². The van der Waals surface area contributed by atoms with Gasteiger partial charge in [0.15, 0.2) is 5.69 Å². The van der Waals surface area contributed by atoms with Gasteiger partial charge in [-0.15, -0.1) is 0 Å². The van der Waals surface area contributed by atoms with E-state index in [-0.39, 0.29) is 5.91 Å². The van der Waals surface area contributed by atoms with Crippen LogP contribution in [0.15, 0.2) is 48.5 Å². The van der Waals surface area contributed by atoms with Crippen LogP contribution in [0.4, 0.5) is 5.69 Å². The number of para-hydroxylation sites is 1. The summed E-state index contributed by atoms with van der Waals surface area (Å²) in [6, 6.07) is 15.7. The Morgan fingerprint density at radius 3 is 2.59 bits per heavy atom. The molecule has 0 saturated carbocycles. The van der Waals surface area contributed by atoms with Gasteiger partial charge < -0.3 is 10.2 Å². The first-order valence-corrected chi connectivity index (χ1v) is 7.13. The molecule has 0 aliphatic heterocycles. The topological polar surface area (TPSA) is 61.0 Å². The van der Waals surface area contributed by atoms with Crippen molar-refractivity contribution in [3.05, 3.63) is 59.8 Å². The van der Waals surface area contributed by atoms with Crippen molar-refractivity contribution in [2.75, 3.05) is 19.0 Å². The molecule has 0 spiro atoms. The van der Waals surface area contributed by atoms with Gasteiger partial charge in [-0.05, 0) is 23.8 Å². The maximum Gasteiger partial charge on any atom is 0.272 e. The van der Waals surface area contributed by atoms with Crippen molar-refractivity contribution < 1.29 is 4.79 Å². The Labute approximate surface area is 128 Å². The van der Waals surface area contributed by atoms with Crippen LogP contribution < -0.4 is 10.2 Å². The Balaban J connectivity index is 1.69. The Kier molecular flexibility index (Phi) is 3.78. The van der Waals surface area contributed by atoms with Gasteiger partial charge in [0.2, 0.25) is 0 Å². The molecule has 1 heterocycles. The highest BCUT2D eigenvalue weighted by Crippen LogP contribution is 2.15. The third-order valence-electron chi connectivity index (χ3n) is 3.59. The van der Waals surface area contributed by atoms with Gasteiger partial charge in [-0.1, -0.05) is 30.3 Å². The van der Waals surface area contributed by atoms with Crippen molar-refractivity contribution in [2.24, 2.45) is 0 Å². The molecule has 112 valence electrons. The van der Waals surface area contributed by atoms with Gasteiger partial charge in [0.1, 0.15) is 0 Å². The third kappa shape index (κ3) is 2.79. The molecule has 3 rings (SSSR count). The van der Waals surface area contributed by atoms with E-state index in [9.17, 15) is 4.79 Å². The zero-order valence-electron chi connectivity index (χ0n) is 12.6. The summed E-state index contributed by atoms with van der Waals surface area (Å²) in [5.41, 5.74) is 3.48. The lowest BCUT2D eigenvalue weighted by atomic mass is 10.2. The van der Waals surface area contributed by atoms with E-state index in [2.05, 4.69) is 15.5 Å². The van der Waals surface area contributed by atoms with Gasteiger partial charge in [0, 0.05) is 31.7 Å². The molecule has 0 atom stereocenters. The van der Waals surface area contributed by atoms with Crippen LogP contribution in [-0.2, 0) is 6.54 Å². The lowest BCUT2D eigenvalue weighted by molar-refractivity contribution is 0.0947. The maximum atomic E-state index is 12.3. The zero-order valence-corrected chi connectivity index (χ0v) is 12.6. The van der Waals surface area contributed by atoms with Crippen LogP contribution in [0.1, 0.15) is 16.1 Å². The molecule has 0 radical (unpaired) electrons. The Bertz CT molecular complexity index is 790. The number of aromatic amines is 1. The minimum absolute atomic E-state index is 0.172. The van der Waals surface area contributed by atoms with E-state index in [1.165, 1.54) is 0 Å². The Morgan fingerprint density at radius 2 is 1.86 bits per heavy atom. The fourth-order valence-electron chi connectivity index (χ4n) is 2.31. The highest BCUT2D eigenvalue weighted by Gasteiger charge is 2.13. The number of carbonyl (C=O) groups excluding carboxylic acids is 1. The maximum absolute atomic E-state index is 12.3. The molecule has 0 unspecified atom stereocenters. The van der Waals surface area contributed by atoms with Gasteiger partial charge in [-0.2, -0.15) is 5.10 Å². The number of rotatable bonds is 4. The lowest BCUT2D eigenvalue weighted by Crippen LogP contribution is -2.23. The summed E-state index contributed by atoms with van der Waals surface area (Å²) < 4.78 is 0. The van der Waals surface area contributed by atoms with Gasteiger partial charge in [0.05, 0.1) is 5.52 Å². The van der Waals surface area contributed by atoms with Crippen LogP contribution in [0.5, 0.6) is 0 Å². The smallest absolute Gasteiger partial charge is 0.272 e. The van der Waals surface area contributed by atoms with E-state index >= 15 is 0 Å². The highest BCUT2D eigenvalue weighted by atomic mass is 16.1. The molecular formula is C17H18N4O.